The summed E-state index contributed by atoms with van der Waals surface area (Å²) in [6.07, 6.45) is 4.41. The molecular weight excluding hydrogens is 202 g/mol. The lowest BCUT2D eigenvalue weighted by Crippen LogP contribution is -2.42. The Morgan fingerprint density at radius 1 is 1.56 bits per heavy atom. The Hall–Kier alpha value is -1.42. The van der Waals surface area contributed by atoms with Crippen LogP contribution in [0.3, 0.4) is 0 Å². The Bertz CT molecular complexity index is 349. The van der Waals surface area contributed by atoms with Crippen LogP contribution in [-0.4, -0.2) is 23.5 Å². The van der Waals surface area contributed by atoms with Crippen LogP contribution in [-0.2, 0) is 11.2 Å². The zero-order valence-corrected chi connectivity index (χ0v) is 9.23. The van der Waals surface area contributed by atoms with E-state index >= 15 is 0 Å². The van der Waals surface area contributed by atoms with Gasteiger partial charge in [-0.15, -0.1) is 0 Å². The molecule has 1 unspecified atom stereocenters. The molecule has 1 aromatic rings. The molecule has 1 amide bonds. The molecule has 86 valence electrons. The van der Waals surface area contributed by atoms with Crippen LogP contribution in [0.5, 0.6) is 0 Å². The molecule has 4 nitrogen and oxygen atoms in total. The molecule has 0 radical (unpaired) electrons. The number of hydrogen-bond donors (Lipinski definition) is 2. The van der Waals surface area contributed by atoms with Gasteiger partial charge in [-0.05, 0) is 30.9 Å². The van der Waals surface area contributed by atoms with Crippen molar-refractivity contribution in [2.45, 2.75) is 25.3 Å². The summed E-state index contributed by atoms with van der Waals surface area (Å²) in [5, 5.41) is 2.97. The highest BCUT2D eigenvalue weighted by molar-refractivity contribution is 5.78. The number of pyridine rings is 1. The Labute approximate surface area is 95.3 Å². The van der Waals surface area contributed by atoms with E-state index in [0.29, 0.717) is 18.9 Å². The maximum atomic E-state index is 11.7. The zero-order chi connectivity index (χ0) is 11.4. The van der Waals surface area contributed by atoms with Gasteiger partial charge in [0.15, 0.2) is 0 Å². The van der Waals surface area contributed by atoms with Crippen molar-refractivity contribution in [2.24, 2.45) is 11.7 Å². The lowest BCUT2D eigenvalue weighted by Gasteiger charge is -2.15. The number of carbonyl (C=O) groups is 1. The smallest absolute Gasteiger partial charge is 0.226 e. The molecule has 4 heteroatoms. The van der Waals surface area contributed by atoms with E-state index in [9.17, 15) is 4.79 Å². The van der Waals surface area contributed by atoms with Crippen molar-refractivity contribution >= 4 is 5.91 Å². The maximum Gasteiger partial charge on any atom is 0.226 e. The summed E-state index contributed by atoms with van der Waals surface area (Å²) in [7, 11) is 0. The quantitative estimate of drug-likeness (QED) is 0.756. The normalized spacial score (nSPS) is 16.8. The van der Waals surface area contributed by atoms with Crippen LogP contribution in [0.25, 0.3) is 0 Å². The van der Waals surface area contributed by atoms with Gasteiger partial charge in [0.2, 0.25) is 5.91 Å². The Morgan fingerprint density at radius 2 is 2.38 bits per heavy atom. The van der Waals surface area contributed by atoms with Gasteiger partial charge < -0.3 is 11.1 Å². The number of nitrogens with zero attached hydrogens (tertiary/aromatic N) is 1. The minimum atomic E-state index is 0.0149. The Kier molecular flexibility index (Phi) is 3.51. The number of rotatable bonds is 5. The van der Waals surface area contributed by atoms with Gasteiger partial charge in [-0.1, -0.05) is 6.07 Å². The van der Waals surface area contributed by atoms with E-state index in [4.69, 9.17) is 5.73 Å². The van der Waals surface area contributed by atoms with Crippen molar-refractivity contribution in [3.05, 3.63) is 30.1 Å². The van der Waals surface area contributed by atoms with Gasteiger partial charge in [-0.2, -0.15) is 0 Å². The van der Waals surface area contributed by atoms with Crippen LogP contribution in [0.4, 0.5) is 0 Å². The Morgan fingerprint density at radius 3 is 2.94 bits per heavy atom. The molecule has 16 heavy (non-hydrogen) atoms. The molecule has 0 spiro atoms. The third-order valence-corrected chi connectivity index (χ3v) is 2.86. The van der Waals surface area contributed by atoms with Gasteiger partial charge in [0, 0.05) is 24.5 Å². The van der Waals surface area contributed by atoms with Gasteiger partial charge in [0.1, 0.15) is 0 Å². The first-order valence-corrected chi connectivity index (χ1v) is 5.69. The molecule has 1 heterocycles. The fourth-order valence-corrected chi connectivity index (χ4v) is 1.79. The number of amides is 1. The number of nitrogens with one attached hydrogen (secondary N) is 1. The van der Waals surface area contributed by atoms with E-state index in [2.05, 4.69) is 10.3 Å². The first-order chi connectivity index (χ1) is 7.79. The molecule has 1 aromatic heterocycles. The second-order valence-electron chi connectivity index (χ2n) is 4.24. The van der Waals surface area contributed by atoms with Gasteiger partial charge in [0.05, 0.1) is 6.42 Å². The number of carbonyl (C=O) groups excluding carboxylic acids is 1. The molecule has 1 aliphatic carbocycles. The van der Waals surface area contributed by atoms with Crippen molar-refractivity contribution in [3.8, 4) is 0 Å². The van der Waals surface area contributed by atoms with Crippen LogP contribution in [0.2, 0.25) is 0 Å². The fraction of sp³-hybridized carbons (Fsp3) is 0.500. The summed E-state index contributed by atoms with van der Waals surface area (Å²) in [5.41, 5.74) is 6.42. The average molecular weight is 219 g/mol. The van der Waals surface area contributed by atoms with Gasteiger partial charge in [-0.3, -0.25) is 9.78 Å². The van der Waals surface area contributed by atoms with E-state index in [1.807, 2.05) is 18.2 Å². The molecule has 3 N–H and O–H groups in total. The lowest BCUT2D eigenvalue weighted by atomic mass is 10.1. The maximum absolute atomic E-state index is 11.7. The highest BCUT2D eigenvalue weighted by Gasteiger charge is 2.31. The molecule has 1 aliphatic rings. The molecule has 0 saturated heterocycles. The van der Waals surface area contributed by atoms with Gasteiger partial charge in [0.25, 0.3) is 0 Å². The second-order valence-corrected chi connectivity index (χ2v) is 4.24. The summed E-state index contributed by atoms with van der Waals surface area (Å²) >= 11 is 0. The molecule has 1 atom stereocenters. The van der Waals surface area contributed by atoms with Crippen molar-refractivity contribution in [1.82, 2.24) is 10.3 Å². The molecule has 0 aliphatic heterocycles. The van der Waals surface area contributed by atoms with E-state index in [1.165, 1.54) is 12.8 Å². The van der Waals surface area contributed by atoms with Crippen molar-refractivity contribution in [2.75, 3.05) is 6.54 Å². The predicted octanol–water partition coefficient (Wildman–Crippen LogP) is 0.478. The number of aromatic nitrogens is 1. The topological polar surface area (TPSA) is 68.0 Å². The average Bonchev–Trinajstić information content (AvgIpc) is 3.11. The minimum absolute atomic E-state index is 0.0149. The highest BCUT2D eigenvalue weighted by atomic mass is 16.1. The van der Waals surface area contributed by atoms with E-state index in [1.54, 1.807) is 6.20 Å². The lowest BCUT2D eigenvalue weighted by molar-refractivity contribution is -0.121. The van der Waals surface area contributed by atoms with E-state index < -0.39 is 0 Å². The SMILES string of the molecule is NCC(NC(=O)Cc1ccccn1)C1CC1. The summed E-state index contributed by atoms with van der Waals surface area (Å²) in [6.45, 7) is 0.526. The van der Waals surface area contributed by atoms with Gasteiger partial charge in [-0.25, -0.2) is 0 Å². The monoisotopic (exact) mass is 219 g/mol. The van der Waals surface area contributed by atoms with Crippen LogP contribution in [0.15, 0.2) is 24.4 Å². The van der Waals surface area contributed by atoms with Crippen LogP contribution in [0, 0.1) is 5.92 Å². The Balaban J connectivity index is 1.83. The van der Waals surface area contributed by atoms with Crippen LogP contribution in [0.1, 0.15) is 18.5 Å². The first kappa shape index (κ1) is 11.1. The first-order valence-electron chi connectivity index (χ1n) is 5.69. The van der Waals surface area contributed by atoms with Crippen molar-refractivity contribution < 1.29 is 4.79 Å². The molecule has 1 saturated carbocycles. The highest BCUT2D eigenvalue weighted by Crippen LogP contribution is 2.32. The molecule has 0 bridgehead atoms. The van der Waals surface area contributed by atoms with E-state index in [-0.39, 0.29) is 11.9 Å². The minimum Gasteiger partial charge on any atom is -0.351 e. The summed E-state index contributed by atoms with van der Waals surface area (Å²) in [5.74, 6) is 0.610. The molecule has 2 rings (SSSR count). The molecule has 1 fully saturated rings. The summed E-state index contributed by atoms with van der Waals surface area (Å²) in [6, 6.07) is 5.73. The zero-order valence-electron chi connectivity index (χ0n) is 9.23. The van der Waals surface area contributed by atoms with Crippen LogP contribution >= 0.6 is 0 Å². The summed E-state index contributed by atoms with van der Waals surface area (Å²) in [4.78, 5) is 15.8. The van der Waals surface area contributed by atoms with E-state index in [0.717, 1.165) is 5.69 Å². The third-order valence-electron chi connectivity index (χ3n) is 2.86. The predicted molar refractivity (Wildman–Crippen MR) is 61.7 cm³/mol. The molecular formula is C12H17N3O. The number of hydrogen-bond acceptors (Lipinski definition) is 3. The number of nitrogens with two attached hydrogens (primary N) is 1. The fourth-order valence-electron chi connectivity index (χ4n) is 1.79. The largest absolute Gasteiger partial charge is 0.351 e. The third kappa shape index (κ3) is 3.03. The second kappa shape index (κ2) is 5.07. The van der Waals surface area contributed by atoms with Crippen molar-refractivity contribution in [3.63, 3.8) is 0 Å². The summed E-state index contributed by atoms with van der Waals surface area (Å²) < 4.78 is 0. The standard InChI is InChI=1S/C12H17N3O/c13-8-11(9-4-5-9)15-12(16)7-10-3-1-2-6-14-10/h1-3,6,9,11H,4-5,7-8,13H2,(H,15,16). The molecule has 0 aromatic carbocycles. The van der Waals surface area contributed by atoms with Gasteiger partial charge >= 0.3 is 0 Å². The van der Waals surface area contributed by atoms with Crippen molar-refractivity contribution in [1.29, 1.82) is 0 Å². The van der Waals surface area contributed by atoms with Crippen LogP contribution < -0.4 is 11.1 Å².